The van der Waals surface area contributed by atoms with Crippen LogP contribution in [0.4, 0.5) is 5.69 Å². The van der Waals surface area contributed by atoms with Crippen LogP contribution in [0.5, 0.6) is 0 Å². The number of aryl methyl sites for hydroxylation is 1. The predicted octanol–water partition coefficient (Wildman–Crippen LogP) is 6.26. The molecule has 7 rings (SSSR count). The average molecular weight is 625 g/mol. The summed E-state index contributed by atoms with van der Waals surface area (Å²) in [7, 11) is 1.80. The number of aromatic nitrogens is 4. The molecule has 0 atom stereocenters. The number of allylic oxidation sites excluding steroid dienone is 1. The van der Waals surface area contributed by atoms with Crippen molar-refractivity contribution >= 4 is 33.5 Å². The molecule has 0 saturated carbocycles. The van der Waals surface area contributed by atoms with Crippen LogP contribution in [0.2, 0.25) is 0 Å². The van der Waals surface area contributed by atoms with Gasteiger partial charge in [0.15, 0.2) is 0 Å². The Morgan fingerprint density at radius 3 is 2.45 bits per heavy atom. The van der Waals surface area contributed by atoms with Crippen molar-refractivity contribution in [3.63, 3.8) is 0 Å². The van der Waals surface area contributed by atoms with Crippen molar-refractivity contribution in [1.29, 1.82) is 0 Å². The first kappa shape index (κ1) is 30.1. The molecule has 6 aromatic rings. The molecule has 0 radical (unpaired) electrons. The van der Waals surface area contributed by atoms with Gasteiger partial charge >= 0.3 is 5.69 Å². The van der Waals surface area contributed by atoms with Gasteiger partial charge in [0.1, 0.15) is 0 Å². The summed E-state index contributed by atoms with van der Waals surface area (Å²) in [5.41, 5.74) is 7.80. The number of H-pyrrole nitrogens is 1. The number of nitrogens with zero attached hydrogens (tertiary/aromatic N) is 4. The third-order valence-electron chi connectivity index (χ3n) is 9.07. The van der Waals surface area contributed by atoms with Gasteiger partial charge < -0.3 is 10.3 Å². The number of piperidine rings is 1. The van der Waals surface area contributed by atoms with Crippen molar-refractivity contribution in [3.8, 4) is 22.4 Å². The first-order valence-corrected chi connectivity index (χ1v) is 15.9. The summed E-state index contributed by atoms with van der Waals surface area (Å²) >= 11 is 0. The van der Waals surface area contributed by atoms with E-state index in [1.165, 1.54) is 11.6 Å². The fourth-order valence-electron chi connectivity index (χ4n) is 6.66. The fraction of sp³-hybridized carbons (Fsp3) is 0.211. The number of pyridine rings is 2. The minimum atomic E-state index is -0.195. The van der Waals surface area contributed by atoms with E-state index in [0.717, 1.165) is 65.9 Å². The molecule has 4 heterocycles. The van der Waals surface area contributed by atoms with Gasteiger partial charge in [0.25, 0.3) is 5.56 Å². The van der Waals surface area contributed by atoms with Gasteiger partial charge in [0.05, 0.1) is 27.6 Å². The normalized spacial score (nSPS) is 14.3. The lowest BCUT2D eigenvalue weighted by molar-refractivity contribution is -0.111. The largest absolute Gasteiger partial charge is 0.329 e. The summed E-state index contributed by atoms with van der Waals surface area (Å²) in [6.45, 7) is 4.34. The molecule has 1 saturated heterocycles. The third kappa shape index (κ3) is 5.93. The van der Waals surface area contributed by atoms with Crippen molar-refractivity contribution < 1.29 is 4.79 Å². The van der Waals surface area contributed by atoms with Crippen LogP contribution >= 0.6 is 0 Å². The summed E-state index contributed by atoms with van der Waals surface area (Å²) in [5, 5.41) is 3.45. The highest BCUT2D eigenvalue weighted by Crippen LogP contribution is 2.33. The Labute approximate surface area is 271 Å². The van der Waals surface area contributed by atoms with E-state index in [2.05, 4.69) is 39.5 Å². The number of likely N-dealkylation sites (tertiary alicyclic amines) is 1. The second-order valence-corrected chi connectivity index (χ2v) is 12.1. The maximum Gasteiger partial charge on any atom is 0.329 e. The summed E-state index contributed by atoms with van der Waals surface area (Å²) < 4.78 is 3.59. The van der Waals surface area contributed by atoms with E-state index >= 15 is 0 Å². The lowest BCUT2D eigenvalue weighted by Gasteiger charge is -2.32. The van der Waals surface area contributed by atoms with Crippen LogP contribution in [0.15, 0.2) is 113 Å². The van der Waals surface area contributed by atoms with Crippen LogP contribution < -0.4 is 16.6 Å². The van der Waals surface area contributed by atoms with E-state index in [1.54, 1.807) is 30.8 Å². The molecule has 0 aliphatic carbocycles. The molecular formula is C38H36N6O3. The number of benzene rings is 3. The SMILES string of the molecule is C/C=C/C(=O)Nc1ccc2c(c1)n(C1CCN(Cc3ccc(-c4nc5cc[nH]c(=O)c5cc4-c4ccccc4)cc3)CC1)c(=O)n2C. The van der Waals surface area contributed by atoms with E-state index in [0.29, 0.717) is 16.6 Å². The summed E-state index contributed by atoms with van der Waals surface area (Å²) in [5.74, 6) is -0.195. The van der Waals surface area contributed by atoms with Crippen LogP contribution in [0, 0.1) is 0 Å². The number of anilines is 1. The predicted molar refractivity (Wildman–Crippen MR) is 187 cm³/mol. The molecule has 1 aliphatic heterocycles. The Hall–Kier alpha value is -5.54. The van der Waals surface area contributed by atoms with Gasteiger partial charge in [-0.25, -0.2) is 9.78 Å². The van der Waals surface area contributed by atoms with Crippen LogP contribution in [0.25, 0.3) is 44.3 Å². The molecule has 236 valence electrons. The van der Waals surface area contributed by atoms with Crippen LogP contribution in [0.1, 0.15) is 31.4 Å². The van der Waals surface area contributed by atoms with Crippen molar-refractivity contribution in [1.82, 2.24) is 24.0 Å². The van der Waals surface area contributed by atoms with Gasteiger partial charge in [-0.15, -0.1) is 0 Å². The van der Waals surface area contributed by atoms with Gasteiger partial charge in [-0.3, -0.25) is 23.6 Å². The number of carbonyl (C=O) groups excluding carboxylic acids is 1. The van der Waals surface area contributed by atoms with E-state index in [9.17, 15) is 14.4 Å². The topological polar surface area (TPSA) is 105 Å². The molecule has 0 spiro atoms. The monoisotopic (exact) mass is 624 g/mol. The molecule has 0 bridgehead atoms. The minimum absolute atomic E-state index is 0.0345. The van der Waals surface area contributed by atoms with Gasteiger partial charge in [-0.1, -0.05) is 60.7 Å². The number of imidazole rings is 1. The van der Waals surface area contributed by atoms with Gasteiger partial charge in [-0.05, 0) is 67.3 Å². The Kier molecular flexibility index (Phi) is 8.14. The highest BCUT2D eigenvalue weighted by molar-refractivity contribution is 6.00. The molecule has 3 aromatic heterocycles. The lowest BCUT2D eigenvalue weighted by atomic mass is 9.97. The molecule has 1 fully saturated rings. The van der Waals surface area contributed by atoms with Crippen LogP contribution in [0.3, 0.4) is 0 Å². The molecule has 9 heteroatoms. The first-order chi connectivity index (χ1) is 22.9. The van der Waals surface area contributed by atoms with Gasteiger partial charge in [0.2, 0.25) is 5.91 Å². The number of rotatable bonds is 7. The average Bonchev–Trinajstić information content (AvgIpc) is 3.34. The third-order valence-corrected chi connectivity index (χ3v) is 9.07. The van der Waals surface area contributed by atoms with E-state index in [1.807, 2.05) is 65.2 Å². The number of hydrogen-bond acceptors (Lipinski definition) is 5. The zero-order valence-corrected chi connectivity index (χ0v) is 26.4. The highest BCUT2D eigenvalue weighted by atomic mass is 16.2. The maximum atomic E-state index is 13.3. The van der Waals surface area contributed by atoms with Gasteiger partial charge in [-0.2, -0.15) is 0 Å². The molecule has 1 aliphatic rings. The molecular weight excluding hydrogens is 588 g/mol. The zero-order valence-electron chi connectivity index (χ0n) is 26.4. The smallest absolute Gasteiger partial charge is 0.328 e. The zero-order chi connectivity index (χ0) is 32.5. The van der Waals surface area contributed by atoms with Gasteiger partial charge in [0, 0.05) is 55.7 Å². The second-order valence-electron chi connectivity index (χ2n) is 12.1. The molecule has 9 nitrogen and oxygen atoms in total. The van der Waals surface area contributed by atoms with Crippen molar-refractivity contribution in [2.45, 2.75) is 32.4 Å². The fourth-order valence-corrected chi connectivity index (χ4v) is 6.66. The Bertz CT molecular complexity index is 2240. The Balaban J connectivity index is 1.08. The van der Waals surface area contributed by atoms with E-state index < -0.39 is 0 Å². The summed E-state index contributed by atoms with van der Waals surface area (Å²) in [6, 6.07) is 28.0. The highest BCUT2D eigenvalue weighted by Gasteiger charge is 2.25. The summed E-state index contributed by atoms with van der Waals surface area (Å²) in [4.78, 5) is 48.2. The number of hydrogen-bond donors (Lipinski definition) is 2. The molecule has 2 N–H and O–H groups in total. The number of nitrogens with one attached hydrogen (secondary N) is 2. The molecule has 1 amide bonds. The van der Waals surface area contributed by atoms with Crippen LogP contribution in [-0.2, 0) is 18.4 Å². The molecule has 0 unspecified atom stereocenters. The quantitative estimate of drug-likeness (QED) is 0.204. The number of fused-ring (bicyclic) bond motifs is 2. The number of carbonyl (C=O) groups is 1. The Morgan fingerprint density at radius 2 is 1.70 bits per heavy atom. The maximum absolute atomic E-state index is 13.3. The molecule has 3 aromatic carbocycles. The van der Waals surface area contributed by atoms with Crippen molar-refractivity contribution in [2.75, 3.05) is 18.4 Å². The van der Waals surface area contributed by atoms with E-state index in [4.69, 9.17) is 4.98 Å². The van der Waals surface area contributed by atoms with Crippen molar-refractivity contribution in [2.24, 2.45) is 7.05 Å². The second kappa shape index (κ2) is 12.7. The Morgan fingerprint density at radius 1 is 0.936 bits per heavy atom. The van der Waals surface area contributed by atoms with E-state index in [-0.39, 0.29) is 23.2 Å². The molecule has 47 heavy (non-hydrogen) atoms. The number of amides is 1. The lowest BCUT2D eigenvalue weighted by Crippen LogP contribution is -2.37. The first-order valence-electron chi connectivity index (χ1n) is 15.9. The summed E-state index contributed by atoms with van der Waals surface area (Å²) in [6.07, 6.45) is 6.52. The standard InChI is InChI=1S/C38H36N6O3/c1-3-7-35(45)40-28-14-15-33-34(22-28)44(38(47)42(33)2)29-17-20-43(21-18-29)24-25-10-12-27(13-11-25)36-30(26-8-5-4-6-9-26)23-31-32(41-36)16-19-39-37(31)46/h3-16,19,22-23,29H,17-18,20-21,24H2,1-2H3,(H,39,46)(H,40,45)/b7-3+. The minimum Gasteiger partial charge on any atom is -0.328 e. The van der Waals surface area contributed by atoms with Crippen molar-refractivity contribution in [3.05, 3.63) is 130 Å². The number of aromatic amines is 1. The van der Waals surface area contributed by atoms with Crippen LogP contribution in [-0.4, -0.2) is 43.0 Å².